The topological polar surface area (TPSA) is 12.0 Å². The Balaban J connectivity index is 1.92. The van der Waals surface area contributed by atoms with Gasteiger partial charge in [-0.1, -0.05) is 22.0 Å². The first-order valence-electron chi connectivity index (χ1n) is 6.86. The third kappa shape index (κ3) is 2.43. The molecule has 17 heavy (non-hydrogen) atoms. The molecule has 1 atom stereocenters. The molecule has 2 aliphatic rings. The second-order valence-electron chi connectivity index (χ2n) is 5.39. The molecule has 1 aromatic rings. The quantitative estimate of drug-likeness (QED) is 0.831. The van der Waals surface area contributed by atoms with Crippen LogP contribution in [-0.4, -0.2) is 13.1 Å². The Hall–Kier alpha value is -0.340. The Morgan fingerprint density at radius 1 is 1.12 bits per heavy atom. The van der Waals surface area contributed by atoms with E-state index in [1.54, 1.807) is 16.7 Å². The SMILES string of the molecule is Brc1cc([C@H]2CCCNC2)cc2c1CCCC2. The molecule has 0 unspecified atom stereocenters. The van der Waals surface area contributed by atoms with Gasteiger partial charge in [0.15, 0.2) is 0 Å². The average molecular weight is 294 g/mol. The van der Waals surface area contributed by atoms with E-state index in [2.05, 4.69) is 33.4 Å². The molecule has 1 heterocycles. The highest BCUT2D eigenvalue weighted by atomic mass is 79.9. The molecule has 92 valence electrons. The largest absolute Gasteiger partial charge is 0.316 e. The van der Waals surface area contributed by atoms with Gasteiger partial charge in [0, 0.05) is 11.0 Å². The number of nitrogens with one attached hydrogen (secondary N) is 1. The van der Waals surface area contributed by atoms with Gasteiger partial charge >= 0.3 is 0 Å². The van der Waals surface area contributed by atoms with Crippen LogP contribution in [0.2, 0.25) is 0 Å². The number of benzene rings is 1. The van der Waals surface area contributed by atoms with Crippen LogP contribution in [0.4, 0.5) is 0 Å². The molecule has 0 radical (unpaired) electrons. The smallest absolute Gasteiger partial charge is 0.0212 e. The van der Waals surface area contributed by atoms with Gasteiger partial charge in [-0.05, 0) is 73.7 Å². The maximum atomic E-state index is 3.78. The van der Waals surface area contributed by atoms with Crippen LogP contribution < -0.4 is 5.32 Å². The molecule has 1 aromatic carbocycles. The van der Waals surface area contributed by atoms with Crippen molar-refractivity contribution in [3.63, 3.8) is 0 Å². The van der Waals surface area contributed by atoms with Gasteiger partial charge < -0.3 is 5.32 Å². The maximum absolute atomic E-state index is 3.78. The molecule has 1 nitrogen and oxygen atoms in total. The molecule has 0 amide bonds. The third-order valence-corrected chi connectivity index (χ3v) is 4.91. The molecule has 0 bridgehead atoms. The lowest BCUT2D eigenvalue weighted by Crippen LogP contribution is -2.28. The average Bonchev–Trinajstić information content (AvgIpc) is 2.40. The van der Waals surface area contributed by atoms with Gasteiger partial charge in [0.05, 0.1) is 0 Å². The molecule has 1 aliphatic heterocycles. The van der Waals surface area contributed by atoms with Gasteiger partial charge in [0.1, 0.15) is 0 Å². The summed E-state index contributed by atoms with van der Waals surface area (Å²) < 4.78 is 1.36. The van der Waals surface area contributed by atoms with Crippen molar-refractivity contribution >= 4 is 15.9 Å². The van der Waals surface area contributed by atoms with Crippen LogP contribution >= 0.6 is 15.9 Å². The highest BCUT2D eigenvalue weighted by molar-refractivity contribution is 9.10. The second-order valence-corrected chi connectivity index (χ2v) is 6.25. The summed E-state index contributed by atoms with van der Waals surface area (Å²) in [6, 6.07) is 4.86. The molecular formula is C15H20BrN. The van der Waals surface area contributed by atoms with Gasteiger partial charge in [-0.2, -0.15) is 0 Å². The zero-order valence-electron chi connectivity index (χ0n) is 10.3. The monoisotopic (exact) mass is 293 g/mol. The fourth-order valence-electron chi connectivity index (χ4n) is 3.21. The van der Waals surface area contributed by atoms with Gasteiger partial charge in [0.2, 0.25) is 0 Å². The third-order valence-electron chi connectivity index (χ3n) is 4.20. The lowest BCUT2D eigenvalue weighted by atomic mass is 9.85. The minimum absolute atomic E-state index is 0.729. The summed E-state index contributed by atoms with van der Waals surface area (Å²) in [6.07, 6.45) is 7.93. The van der Waals surface area contributed by atoms with Crippen LogP contribution in [0.25, 0.3) is 0 Å². The van der Waals surface area contributed by atoms with Crippen molar-refractivity contribution in [2.45, 2.75) is 44.4 Å². The van der Waals surface area contributed by atoms with Gasteiger partial charge in [-0.15, -0.1) is 0 Å². The van der Waals surface area contributed by atoms with E-state index < -0.39 is 0 Å². The summed E-state index contributed by atoms with van der Waals surface area (Å²) in [5.74, 6) is 0.729. The molecule has 2 heteroatoms. The number of aryl methyl sites for hydroxylation is 1. The van der Waals surface area contributed by atoms with Crippen molar-refractivity contribution in [2.24, 2.45) is 0 Å². The summed E-state index contributed by atoms with van der Waals surface area (Å²) in [5.41, 5.74) is 4.72. The first-order chi connectivity index (χ1) is 8.34. The van der Waals surface area contributed by atoms with Crippen molar-refractivity contribution in [1.82, 2.24) is 5.32 Å². The van der Waals surface area contributed by atoms with Crippen molar-refractivity contribution in [1.29, 1.82) is 0 Å². The molecule has 0 aromatic heterocycles. The first kappa shape index (κ1) is 11.7. The van der Waals surface area contributed by atoms with E-state index in [0.717, 1.165) is 12.5 Å². The number of rotatable bonds is 1. The minimum atomic E-state index is 0.729. The normalized spacial score (nSPS) is 24.4. The fourth-order valence-corrected chi connectivity index (χ4v) is 3.93. The number of hydrogen-bond donors (Lipinski definition) is 1. The van der Waals surface area contributed by atoms with Crippen LogP contribution in [0.15, 0.2) is 16.6 Å². The summed E-state index contributed by atoms with van der Waals surface area (Å²) in [4.78, 5) is 0. The number of piperidine rings is 1. The van der Waals surface area contributed by atoms with E-state index in [9.17, 15) is 0 Å². The van der Waals surface area contributed by atoms with Gasteiger partial charge in [-0.3, -0.25) is 0 Å². The minimum Gasteiger partial charge on any atom is -0.316 e. The molecule has 1 N–H and O–H groups in total. The lowest BCUT2D eigenvalue weighted by Gasteiger charge is -2.26. The number of fused-ring (bicyclic) bond motifs is 1. The van der Waals surface area contributed by atoms with Gasteiger partial charge in [0.25, 0.3) is 0 Å². The zero-order valence-corrected chi connectivity index (χ0v) is 11.9. The summed E-state index contributed by atoms with van der Waals surface area (Å²) in [7, 11) is 0. The van der Waals surface area contributed by atoms with Crippen molar-refractivity contribution in [3.05, 3.63) is 33.3 Å². The standard InChI is InChI=1S/C15H20BrN/c16-15-9-13(12-5-3-7-17-10-12)8-11-4-1-2-6-14(11)15/h8-9,12,17H,1-7,10H2/t12-/m0/s1. The van der Waals surface area contributed by atoms with E-state index in [1.807, 2.05) is 0 Å². The van der Waals surface area contributed by atoms with Crippen molar-refractivity contribution in [2.75, 3.05) is 13.1 Å². The Labute approximate surface area is 112 Å². The summed E-state index contributed by atoms with van der Waals surface area (Å²) >= 11 is 3.78. The highest BCUT2D eigenvalue weighted by Crippen LogP contribution is 2.33. The first-order valence-corrected chi connectivity index (χ1v) is 7.66. The maximum Gasteiger partial charge on any atom is 0.0212 e. The Morgan fingerprint density at radius 3 is 2.82 bits per heavy atom. The zero-order chi connectivity index (χ0) is 11.7. The van der Waals surface area contributed by atoms with Gasteiger partial charge in [-0.25, -0.2) is 0 Å². The lowest BCUT2D eigenvalue weighted by molar-refractivity contribution is 0.461. The van der Waals surface area contributed by atoms with Crippen molar-refractivity contribution in [3.8, 4) is 0 Å². The van der Waals surface area contributed by atoms with Crippen LogP contribution in [-0.2, 0) is 12.8 Å². The summed E-state index contributed by atoms with van der Waals surface area (Å²) in [6.45, 7) is 2.35. The number of halogens is 1. The van der Waals surface area contributed by atoms with E-state index in [-0.39, 0.29) is 0 Å². The van der Waals surface area contributed by atoms with E-state index in [0.29, 0.717) is 0 Å². The van der Waals surface area contributed by atoms with Crippen LogP contribution in [0.3, 0.4) is 0 Å². The predicted molar refractivity (Wildman–Crippen MR) is 75.6 cm³/mol. The van der Waals surface area contributed by atoms with Crippen LogP contribution in [0, 0.1) is 0 Å². The molecule has 3 rings (SSSR count). The number of hydrogen-bond acceptors (Lipinski definition) is 1. The highest BCUT2D eigenvalue weighted by Gasteiger charge is 2.19. The summed E-state index contributed by atoms with van der Waals surface area (Å²) in [5, 5.41) is 3.52. The second kappa shape index (κ2) is 5.11. The van der Waals surface area contributed by atoms with Crippen LogP contribution in [0.5, 0.6) is 0 Å². The Bertz CT molecular complexity index is 408. The molecular weight excluding hydrogens is 274 g/mol. The Morgan fingerprint density at radius 2 is 2.00 bits per heavy atom. The molecule has 1 fully saturated rings. The molecule has 1 saturated heterocycles. The predicted octanol–water partition coefficient (Wildman–Crippen LogP) is 3.79. The van der Waals surface area contributed by atoms with Crippen LogP contribution in [0.1, 0.15) is 48.3 Å². The van der Waals surface area contributed by atoms with E-state index in [1.165, 1.54) is 49.5 Å². The molecule has 0 spiro atoms. The molecule has 0 saturated carbocycles. The van der Waals surface area contributed by atoms with Crippen molar-refractivity contribution < 1.29 is 0 Å². The van der Waals surface area contributed by atoms with E-state index in [4.69, 9.17) is 0 Å². The van der Waals surface area contributed by atoms with E-state index >= 15 is 0 Å². The molecule has 1 aliphatic carbocycles. The fraction of sp³-hybridized carbons (Fsp3) is 0.600. The Kier molecular flexibility index (Phi) is 3.53.